The molecule has 0 aliphatic heterocycles. The molecule has 3 rings (SSSR count). The Morgan fingerprint density at radius 1 is 1.04 bits per heavy atom. The second kappa shape index (κ2) is 6.97. The SMILES string of the molecule is Cc1noc(C)c1S(=O)(=O)Nc1ccc(Nc2ccc(F)c(Cl)c2)cc1. The average molecular weight is 396 g/mol. The summed E-state index contributed by atoms with van der Waals surface area (Å²) >= 11 is 5.75. The van der Waals surface area contributed by atoms with E-state index < -0.39 is 15.8 Å². The number of sulfonamides is 1. The first-order valence-electron chi connectivity index (χ1n) is 7.54. The van der Waals surface area contributed by atoms with Crippen molar-refractivity contribution in [2.24, 2.45) is 0 Å². The standard InChI is InChI=1S/C17H15ClFN3O3S/c1-10-17(11(2)25-21-10)26(23,24)22-13-5-3-12(4-6-13)20-14-7-8-16(19)15(18)9-14/h3-9,20,22H,1-2H3. The summed E-state index contributed by atoms with van der Waals surface area (Å²) in [7, 11) is -3.80. The summed E-state index contributed by atoms with van der Waals surface area (Å²) in [5.74, 6) is -0.275. The summed E-state index contributed by atoms with van der Waals surface area (Å²) in [5, 5.41) is 6.72. The summed E-state index contributed by atoms with van der Waals surface area (Å²) < 4.78 is 45.5. The molecule has 0 atom stereocenters. The number of hydrogen-bond donors (Lipinski definition) is 2. The third-order valence-corrected chi connectivity index (χ3v) is 5.50. The van der Waals surface area contributed by atoms with Crippen molar-refractivity contribution in [3.63, 3.8) is 0 Å². The van der Waals surface area contributed by atoms with Crippen LogP contribution in [0.3, 0.4) is 0 Å². The van der Waals surface area contributed by atoms with Gasteiger partial charge in [-0.15, -0.1) is 0 Å². The van der Waals surface area contributed by atoms with E-state index >= 15 is 0 Å². The highest BCUT2D eigenvalue weighted by Crippen LogP contribution is 2.25. The molecular formula is C17H15ClFN3O3S. The van der Waals surface area contributed by atoms with Gasteiger partial charge in [0.15, 0.2) is 10.7 Å². The lowest BCUT2D eigenvalue weighted by atomic mass is 10.2. The molecule has 0 bridgehead atoms. The molecule has 1 heterocycles. The highest BCUT2D eigenvalue weighted by molar-refractivity contribution is 7.92. The van der Waals surface area contributed by atoms with Crippen molar-refractivity contribution < 1.29 is 17.3 Å². The van der Waals surface area contributed by atoms with Crippen LogP contribution in [0.15, 0.2) is 51.9 Å². The van der Waals surface area contributed by atoms with Crippen LogP contribution >= 0.6 is 11.6 Å². The number of hydrogen-bond acceptors (Lipinski definition) is 5. The van der Waals surface area contributed by atoms with Crippen LogP contribution in [0, 0.1) is 19.7 Å². The van der Waals surface area contributed by atoms with E-state index in [1.807, 2.05) is 0 Å². The molecule has 0 aliphatic carbocycles. The van der Waals surface area contributed by atoms with Crippen LogP contribution in [-0.4, -0.2) is 13.6 Å². The number of anilines is 3. The van der Waals surface area contributed by atoms with Gasteiger partial charge in [-0.25, -0.2) is 12.8 Å². The number of rotatable bonds is 5. The minimum Gasteiger partial charge on any atom is -0.360 e. The molecule has 3 aromatic rings. The van der Waals surface area contributed by atoms with Crippen LogP contribution in [0.25, 0.3) is 0 Å². The highest BCUT2D eigenvalue weighted by atomic mass is 35.5. The predicted molar refractivity (Wildman–Crippen MR) is 97.9 cm³/mol. The van der Waals surface area contributed by atoms with E-state index in [1.165, 1.54) is 19.1 Å². The van der Waals surface area contributed by atoms with E-state index in [0.29, 0.717) is 22.8 Å². The first kappa shape index (κ1) is 18.2. The fourth-order valence-electron chi connectivity index (χ4n) is 2.43. The first-order valence-corrected chi connectivity index (χ1v) is 9.40. The second-order valence-electron chi connectivity index (χ2n) is 5.59. The topological polar surface area (TPSA) is 84.2 Å². The maximum Gasteiger partial charge on any atom is 0.267 e. The molecule has 0 spiro atoms. The Hall–Kier alpha value is -2.58. The van der Waals surface area contributed by atoms with Gasteiger partial charge >= 0.3 is 0 Å². The van der Waals surface area contributed by atoms with E-state index in [2.05, 4.69) is 15.2 Å². The average Bonchev–Trinajstić information content (AvgIpc) is 2.92. The highest BCUT2D eigenvalue weighted by Gasteiger charge is 2.24. The first-order chi connectivity index (χ1) is 12.3. The maximum atomic E-state index is 13.2. The Morgan fingerprint density at radius 2 is 1.65 bits per heavy atom. The minimum absolute atomic E-state index is 0.0128. The largest absolute Gasteiger partial charge is 0.360 e. The van der Waals surface area contributed by atoms with Gasteiger partial charge in [0.1, 0.15) is 11.5 Å². The number of nitrogens with one attached hydrogen (secondary N) is 2. The molecule has 26 heavy (non-hydrogen) atoms. The predicted octanol–water partition coefficient (Wildman–Crippen LogP) is 4.63. The van der Waals surface area contributed by atoms with E-state index in [-0.39, 0.29) is 15.7 Å². The number of nitrogens with zero attached hydrogens (tertiary/aromatic N) is 1. The van der Waals surface area contributed by atoms with Gasteiger partial charge in [-0.1, -0.05) is 16.8 Å². The number of benzene rings is 2. The van der Waals surface area contributed by atoms with Crippen LogP contribution in [0.1, 0.15) is 11.5 Å². The third kappa shape index (κ3) is 3.81. The lowest BCUT2D eigenvalue weighted by molar-refractivity contribution is 0.390. The van der Waals surface area contributed by atoms with Crippen molar-refractivity contribution in [2.75, 3.05) is 10.0 Å². The van der Waals surface area contributed by atoms with Crippen LogP contribution in [0.4, 0.5) is 21.5 Å². The smallest absolute Gasteiger partial charge is 0.267 e. The summed E-state index contributed by atoms with van der Waals surface area (Å²) in [6.07, 6.45) is 0. The number of halogens is 2. The number of aryl methyl sites for hydroxylation is 2. The van der Waals surface area contributed by atoms with Crippen LogP contribution in [-0.2, 0) is 10.0 Å². The van der Waals surface area contributed by atoms with Gasteiger partial charge in [0.25, 0.3) is 10.0 Å². The second-order valence-corrected chi connectivity index (χ2v) is 7.62. The normalized spacial score (nSPS) is 11.4. The molecule has 0 amide bonds. The monoisotopic (exact) mass is 395 g/mol. The van der Waals surface area contributed by atoms with Crippen molar-refractivity contribution in [1.82, 2.24) is 5.16 Å². The zero-order valence-corrected chi connectivity index (χ0v) is 15.5. The zero-order chi connectivity index (χ0) is 18.9. The maximum absolute atomic E-state index is 13.2. The Kier molecular flexibility index (Phi) is 4.88. The van der Waals surface area contributed by atoms with Gasteiger partial charge in [-0.3, -0.25) is 4.72 Å². The van der Waals surface area contributed by atoms with E-state index in [9.17, 15) is 12.8 Å². The molecule has 0 aliphatic rings. The molecule has 0 unspecified atom stereocenters. The Morgan fingerprint density at radius 3 is 2.23 bits per heavy atom. The molecule has 1 aromatic heterocycles. The van der Waals surface area contributed by atoms with E-state index in [0.717, 1.165) is 0 Å². The van der Waals surface area contributed by atoms with Gasteiger partial charge in [0.05, 0.1) is 5.02 Å². The Balaban J connectivity index is 1.76. The molecule has 0 saturated heterocycles. The van der Waals surface area contributed by atoms with E-state index in [4.69, 9.17) is 16.1 Å². The summed E-state index contributed by atoms with van der Waals surface area (Å²) in [6, 6.07) is 10.8. The molecule has 0 fully saturated rings. The van der Waals surface area contributed by atoms with Crippen LogP contribution < -0.4 is 10.0 Å². The molecule has 6 nitrogen and oxygen atoms in total. The lowest BCUT2D eigenvalue weighted by Crippen LogP contribution is -2.14. The summed E-state index contributed by atoms with van der Waals surface area (Å²) in [5.41, 5.74) is 1.97. The molecule has 0 saturated carbocycles. The summed E-state index contributed by atoms with van der Waals surface area (Å²) in [6.45, 7) is 3.10. The van der Waals surface area contributed by atoms with Crippen molar-refractivity contribution in [2.45, 2.75) is 18.7 Å². The molecule has 2 N–H and O–H groups in total. The van der Waals surface area contributed by atoms with Gasteiger partial charge in [-0.05, 0) is 56.3 Å². The Bertz CT molecular complexity index is 1030. The molecular weight excluding hydrogens is 381 g/mol. The van der Waals surface area contributed by atoms with E-state index in [1.54, 1.807) is 37.3 Å². The van der Waals surface area contributed by atoms with Crippen molar-refractivity contribution >= 4 is 38.7 Å². The third-order valence-electron chi connectivity index (χ3n) is 3.58. The van der Waals surface area contributed by atoms with Crippen molar-refractivity contribution in [3.05, 3.63) is 64.8 Å². The molecule has 136 valence electrons. The fourth-order valence-corrected chi connectivity index (χ4v) is 4.00. The minimum atomic E-state index is -3.80. The number of aromatic nitrogens is 1. The quantitative estimate of drug-likeness (QED) is 0.658. The van der Waals surface area contributed by atoms with Gasteiger partial charge in [0.2, 0.25) is 0 Å². The van der Waals surface area contributed by atoms with Crippen LogP contribution in [0.5, 0.6) is 0 Å². The van der Waals surface area contributed by atoms with Gasteiger partial charge < -0.3 is 9.84 Å². The van der Waals surface area contributed by atoms with Crippen molar-refractivity contribution in [1.29, 1.82) is 0 Å². The Labute approximate surface area is 155 Å². The van der Waals surface area contributed by atoms with Crippen LogP contribution in [0.2, 0.25) is 5.02 Å². The fraction of sp³-hybridized carbons (Fsp3) is 0.118. The van der Waals surface area contributed by atoms with Crippen molar-refractivity contribution in [3.8, 4) is 0 Å². The molecule has 2 aromatic carbocycles. The van der Waals surface area contributed by atoms with Gasteiger partial charge in [-0.2, -0.15) is 0 Å². The summed E-state index contributed by atoms with van der Waals surface area (Å²) in [4.78, 5) is 0.0284. The molecule has 9 heteroatoms. The zero-order valence-electron chi connectivity index (χ0n) is 13.9. The molecule has 0 radical (unpaired) electrons. The lowest BCUT2D eigenvalue weighted by Gasteiger charge is -2.10. The van der Waals surface area contributed by atoms with Gasteiger partial charge in [0, 0.05) is 17.1 Å².